The third-order valence-corrected chi connectivity index (χ3v) is 7.41. The van der Waals surface area contributed by atoms with Crippen molar-refractivity contribution in [2.24, 2.45) is 0 Å². The fourth-order valence-corrected chi connectivity index (χ4v) is 6.04. The van der Waals surface area contributed by atoms with Gasteiger partial charge in [0.1, 0.15) is 5.75 Å². The summed E-state index contributed by atoms with van der Waals surface area (Å²) in [7, 11) is 0. The van der Waals surface area contributed by atoms with Gasteiger partial charge < -0.3 is 9.84 Å². The van der Waals surface area contributed by atoms with Crippen LogP contribution in [-0.2, 0) is 16.6 Å². The van der Waals surface area contributed by atoms with Gasteiger partial charge in [-0.05, 0) is 79.3 Å². The summed E-state index contributed by atoms with van der Waals surface area (Å²) in [5.41, 5.74) is 5.46. The normalized spacial score (nSPS) is 31.2. The number of hydrogen-bond donors (Lipinski definition) is 1. The van der Waals surface area contributed by atoms with E-state index in [1.165, 1.54) is 28.7 Å². The summed E-state index contributed by atoms with van der Waals surface area (Å²) in [4.78, 5) is 2.64. The Bertz CT molecular complexity index is 871. The van der Waals surface area contributed by atoms with Crippen molar-refractivity contribution in [3.8, 4) is 5.75 Å². The highest BCUT2D eigenvalue weighted by atomic mass is 35.5. The number of halogens is 1. The van der Waals surface area contributed by atoms with E-state index in [-0.39, 0.29) is 23.9 Å². The SMILES string of the molecule is Cc1ccc(O)c2c1C1(C)CCN(CC3CCC(c4ccccc4)O3)C(C2)C1.Cl. The first kappa shape index (κ1) is 20.7. The van der Waals surface area contributed by atoms with Crippen molar-refractivity contribution < 1.29 is 9.84 Å². The summed E-state index contributed by atoms with van der Waals surface area (Å²) in [6, 6.07) is 15.1. The lowest BCUT2D eigenvalue weighted by Crippen LogP contribution is -2.54. The largest absolute Gasteiger partial charge is 0.508 e. The quantitative estimate of drug-likeness (QED) is 0.739. The number of hydrogen-bond acceptors (Lipinski definition) is 3. The molecule has 0 radical (unpaired) electrons. The maximum absolute atomic E-state index is 10.5. The molecular weight excluding hydrogens is 382 g/mol. The first-order chi connectivity index (χ1) is 13.5. The van der Waals surface area contributed by atoms with E-state index in [0.717, 1.165) is 38.8 Å². The highest BCUT2D eigenvalue weighted by Crippen LogP contribution is 2.48. The molecule has 0 saturated carbocycles. The Labute approximate surface area is 180 Å². The molecule has 0 spiro atoms. The Hall–Kier alpha value is -1.55. The summed E-state index contributed by atoms with van der Waals surface area (Å²) in [5, 5.41) is 10.5. The second kappa shape index (κ2) is 7.94. The van der Waals surface area contributed by atoms with Crippen LogP contribution >= 0.6 is 12.4 Å². The van der Waals surface area contributed by atoms with Crippen LogP contribution < -0.4 is 0 Å². The van der Waals surface area contributed by atoms with Crippen molar-refractivity contribution in [1.82, 2.24) is 4.90 Å². The molecule has 1 aliphatic carbocycles. The molecule has 4 atom stereocenters. The number of phenols is 1. The molecule has 2 heterocycles. The van der Waals surface area contributed by atoms with Crippen molar-refractivity contribution in [2.45, 2.75) is 69.6 Å². The Kier molecular flexibility index (Phi) is 5.67. The molecule has 2 fully saturated rings. The predicted octanol–water partition coefficient (Wildman–Crippen LogP) is 5.32. The van der Waals surface area contributed by atoms with Gasteiger partial charge in [0, 0.05) is 12.6 Å². The lowest BCUT2D eigenvalue weighted by molar-refractivity contribution is -0.00534. The van der Waals surface area contributed by atoms with Gasteiger partial charge in [0.05, 0.1) is 12.2 Å². The number of aryl methyl sites for hydroxylation is 1. The minimum absolute atomic E-state index is 0. The molecule has 2 aliphatic heterocycles. The number of phenolic OH excluding ortho intramolecular Hbond substituents is 1. The zero-order valence-corrected chi connectivity index (χ0v) is 18.3. The lowest BCUT2D eigenvalue weighted by atomic mass is 9.63. The van der Waals surface area contributed by atoms with Gasteiger partial charge in [-0.3, -0.25) is 4.90 Å². The van der Waals surface area contributed by atoms with Crippen molar-refractivity contribution in [3.63, 3.8) is 0 Å². The van der Waals surface area contributed by atoms with Gasteiger partial charge in [0.15, 0.2) is 0 Å². The number of nitrogens with zero attached hydrogens (tertiary/aromatic N) is 1. The number of benzene rings is 2. The zero-order chi connectivity index (χ0) is 19.3. The summed E-state index contributed by atoms with van der Waals surface area (Å²) >= 11 is 0. The second-order valence-electron chi connectivity index (χ2n) is 9.36. The summed E-state index contributed by atoms with van der Waals surface area (Å²) < 4.78 is 6.43. The molecule has 29 heavy (non-hydrogen) atoms. The number of ether oxygens (including phenoxy) is 1. The highest BCUT2D eigenvalue weighted by Gasteiger charge is 2.45. The Morgan fingerprint density at radius 1 is 1.14 bits per heavy atom. The second-order valence-corrected chi connectivity index (χ2v) is 9.36. The van der Waals surface area contributed by atoms with Gasteiger partial charge in [-0.1, -0.05) is 43.3 Å². The predicted molar refractivity (Wildman–Crippen MR) is 119 cm³/mol. The topological polar surface area (TPSA) is 32.7 Å². The molecular formula is C25H32ClNO2. The van der Waals surface area contributed by atoms with Crippen molar-refractivity contribution >= 4 is 12.4 Å². The molecule has 0 aromatic heterocycles. The van der Waals surface area contributed by atoms with Crippen LogP contribution in [0.4, 0.5) is 0 Å². The standard InChI is InChI=1S/C25H31NO2.ClH/c1-17-8-10-22(27)21-14-19-15-25(2,24(17)21)12-13-26(19)16-20-9-11-23(28-20)18-6-4-3-5-7-18;/h3-8,10,19-20,23,27H,9,11-16H2,1-2H3;1H. The Balaban J connectivity index is 0.00000205. The van der Waals surface area contributed by atoms with Gasteiger partial charge in [-0.15, -0.1) is 12.4 Å². The Morgan fingerprint density at radius 2 is 1.93 bits per heavy atom. The molecule has 2 aromatic carbocycles. The molecule has 3 nitrogen and oxygen atoms in total. The maximum Gasteiger partial charge on any atom is 0.119 e. The van der Waals surface area contributed by atoms with Gasteiger partial charge in [0.25, 0.3) is 0 Å². The van der Waals surface area contributed by atoms with Crippen LogP contribution in [0.3, 0.4) is 0 Å². The number of fused-ring (bicyclic) bond motifs is 4. The van der Waals surface area contributed by atoms with E-state index in [0.29, 0.717) is 17.9 Å². The van der Waals surface area contributed by atoms with Crippen molar-refractivity contribution in [2.75, 3.05) is 13.1 Å². The average Bonchev–Trinajstić information content (AvgIpc) is 3.16. The smallest absolute Gasteiger partial charge is 0.119 e. The molecule has 1 N–H and O–H groups in total. The molecule has 2 aromatic rings. The molecule has 4 unspecified atom stereocenters. The molecule has 5 rings (SSSR count). The molecule has 2 saturated heterocycles. The number of likely N-dealkylation sites (tertiary alicyclic amines) is 1. The van der Waals surface area contributed by atoms with Crippen molar-refractivity contribution in [3.05, 3.63) is 64.7 Å². The van der Waals surface area contributed by atoms with Gasteiger partial charge in [-0.2, -0.15) is 0 Å². The molecule has 0 amide bonds. The summed E-state index contributed by atoms with van der Waals surface area (Å²) in [5.74, 6) is 0.486. The number of rotatable bonds is 3. The number of piperidine rings is 1. The minimum Gasteiger partial charge on any atom is -0.508 e. The molecule has 156 valence electrons. The summed E-state index contributed by atoms with van der Waals surface area (Å²) in [6.07, 6.45) is 6.15. The van der Waals surface area contributed by atoms with Crippen LogP contribution in [-0.4, -0.2) is 35.2 Å². The third-order valence-electron chi connectivity index (χ3n) is 7.41. The fraction of sp³-hybridized carbons (Fsp3) is 0.520. The van der Waals surface area contributed by atoms with Crippen LogP contribution in [0, 0.1) is 6.92 Å². The first-order valence-electron chi connectivity index (χ1n) is 10.8. The van der Waals surface area contributed by atoms with Crippen LogP contribution in [0.1, 0.15) is 61.0 Å². The fourth-order valence-electron chi connectivity index (χ4n) is 6.04. The van der Waals surface area contributed by atoms with E-state index in [1.54, 1.807) is 0 Å². The average molecular weight is 414 g/mol. The maximum atomic E-state index is 10.5. The van der Waals surface area contributed by atoms with Gasteiger partial charge >= 0.3 is 0 Å². The van der Waals surface area contributed by atoms with Gasteiger partial charge in [-0.25, -0.2) is 0 Å². The molecule has 2 bridgehead atoms. The van der Waals surface area contributed by atoms with Crippen LogP contribution in [0.15, 0.2) is 42.5 Å². The highest BCUT2D eigenvalue weighted by molar-refractivity contribution is 5.85. The van der Waals surface area contributed by atoms with Crippen LogP contribution in [0.5, 0.6) is 5.75 Å². The molecule has 4 heteroatoms. The summed E-state index contributed by atoms with van der Waals surface area (Å²) in [6.45, 7) is 6.75. The van der Waals surface area contributed by atoms with Crippen molar-refractivity contribution in [1.29, 1.82) is 0 Å². The Morgan fingerprint density at radius 3 is 2.72 bits per heavy atom. The van der Waals surface area contributed by atoms with E-state index in [4.69, 9.17) is 4.74 Å². The molecule has 3 aliphatic rings. The van der Waals surface area contributed by atoms with Gasteiger partial charge in [0.2, 0.25) is 0 Å². The van der Waals surface area contributed by atoms with E-state index in [9.17, 15) is 5.11 Å². The third kappa shape index (κ3) is 3.69. The van der Waals surface area contributed by atoms with E-state index < -0.39 is 0 Å². The van der Waals surface area contributed by atoms with E-state index in [1.807, 2.05) is 6.07 Å². The van der Waals surface area contributed by atoms with E-state index >= 15 is 0 Å². The van der Waals surface area contributed by atoms with E-state index in [2.05, 4.69) is 55.1 Å². The van der Waals surface area contributed by atoms with Crippen LogP contribution in [0.25, 0.3) is 0 Å². The first-order valence-corrected chi connectivity index (χ1v) is 10.8. The monoisotopic (exact) mass is 413 g/mol. The lowest BCUT2D eigenvalue weighted by Gasteiger charge is -2.51. The number of aromatic hydroxyl groups is 1. The minimum atomic E-state index is 0. The zero-order valence-electron chi connectivity index (χ0n) is 17.4. The van der Waals surface area contributed by atoms with Crippen LogP contribution in [0.2, 0.25) is 0 Å².